The van der Waals surface area contributed by atoms with Gasteiger partial charge in [-0.3, -0.25) is 4.79 Å². The maximum atomic E-state index is 13.5. The molecule has 1 aromatic carbocycles. The van der Waals surface area contributed by atoms with Crippen LogP contribution in [0, 0.1) is 17.6 Å². The first-order valence-corrected chi connectivity index (χ1v) is 6.96. The molecule has 1 amide bonds. The van der Waals surface area contributed by atoms with Crippen LogP contribution < -0.4 is 5.32 Å². The molecule has 2 rings (SSSR count). The lowest BCUT2D eigenvalue weighted by atomic mass is 9.96. The number of likely N-dealkylation sites (tertiary alicyclic amines) is 1. The maximum Gasteiger partial charge on any atom is 0.227 e. The molecule has 0 aliphatic carbocycles. The van der Waals surface area contributed by atoms with E-state index in [1.54, 1.807) is 4.90 Å². The molecular formula is C15H21ClF2N2O. The van der Waals surface area contributed by atoms with Crippen molar-refractivity contribution in [1.82, 2.24) is 10.2 Å². The molecule has 0 unspecified atom stereocenters. The molecular weight excluding hydrogens is 298 g/mol. The van der Waals surface area contributed by atoms with Gasteiger partial charge < -0.3 is 10.2 Å². The summed E-state index contributed by atoms with van der Waals surface area (Å²) in [6.07, 6.45) is 1.84. The summed E-state index contributed by atoms with van der Waals surface area (Å²) in [6, 6.07) is 3.23. The Morgan fingerprint density at radius 1 is 1.33 bits per heavy atom. The molecule has 1 N–H and O–H groups in total. The van der Waals surface area contributed by atoms with Crippen molar-refractivity contribution in [2.45, 2.75) is 19.3 Å². The highest BCUT2D eigenvalue weighted by Crippen LogP contribution is 2.18. The van der Waals surface area contributed by atoms with Crippen molar-refractivity contribution in [3.05, 3.63) is 35.4 Å². The number of hydrogen-bond acceptors (Lipinski definition) is 2. The first-order chi connectivity index (χ1) is 9.60. The first-order valence-electron chi connectivity index (χ1n) is 6.96. The van der Waals surface area contributed by atoms with Crippen LogP contribution in [0.1, 0.15) is 18.4 Å². The molecule has 0 atom stereocenters. The Morgan fingerprint density at radius 2 is 2.00 bits per heavy atom. The summed E-state index contributed by atoms with van der Waals surface area (Å²) in [5, 5.41) is 3.14. The molecule has 3 nitrogen and oxygen atoms in total. The van der Waals surface area contributed by atoms with Crippen molar-refractivity contribution < 1.29 is 13.6 Å². The Bertz CT molecular complexity index is 477. The van der Waals surface area contributed by atoms with Gasteiger partial charge in [0.1, 0.15) is 11.6 Å². The van der Waals surface area contributed by atoms with Crippen molar-refractivity contribution in [1.29, 1.82) is 0 Å². The van der Waals surface area contributed by atoms with Crippen LogP contribution >= 0.6 is 12.4 Å². The number of halogens is 3. The Morgan fingerprint density at radius 3 is 2.62 bits per heavy atom. The molecule has 0 aromatic heterocycles. The van der Waals surface area contributed by atoms with Gasteiger partial charge >= 0.3 is 0 Å². The number of amides is 1. The SMILES string of the molecule is CNCC1CCN(C(=O)Cc2cc(F)ccc2F)CC1.Cl. The van der Waals surface area contributed by atoms with Crippen molar-refractivity contribution in [3.63, 3.8) is 0 Å². The van der Waals surface area contributed by atoms with Crippen LogP contribution in [0.5, 0.6) is 0 Å². The van der Waals surface area contributed by atoms with E-state index in [-0.39, 0.29) is 30.3 Å². The van der Waals surface area contributed by atoms with Gasteiger partial charge in [0.15, 0.2) is 0 Å². The average molecular weight is 319 g/mol. The van der Waals surface area contributed by atoms with E-state index in [0.717, 1.165) is 37.6 Å². The van der Waals surface area contributed by atoms with Crippen molar-refractivity contribution >= 4 is 18.3 Å². The highest BCUT2D eigenvalue weighted by molar-refractivity contribution is 5.85. The summed E-state index contributed by atoms with van der Waals surface area (Å²) in [4.78, 5) is 13.9. The molecule has 1 heterocycles. The van der Waals surface area contributed by atoms with E-state index in [2.05, 4.69) is 5.32 Å². The van der Waals surface area contributed by atoms with Gasteiger partial charge in [0.2, 0.25) is 5.91 Å². The van der Waals surface area contributed by atoms with Crippen molar-refractivity contribution in [2.75, 3.05) is 26.7 Å². The zero-order valence-electron chi connectivity index (χ0n) is 12.1. The van der Waals surface area contributed by atoms with Crippen LogP contribution in [0.2, 0.25) is 0 Å². The average Bonchev–Trinajstić information content (AvgIpc) is 2.44. The number of piperidine rings is 1. The van der Waals surface area contributed by atoms with Gasteiger partial charge in [-0.15, -0.1) is 12.4 Å². The Kier molecular flexibility index (Phi) is 7.05. The summed E-state index contributed by atoms with van der Waals surface area (Å²) >= 11 is 0. The normalized spacial score (nSPS) is 15.7. The topological polar surface area (TPSA) is 32.3 Å². The Labute approximate surface area is 130 Å². The quantitative estimate of drug-likeness (QED) is 0.924. The predicted molar refractivity (Wildman–Crippen MR) is 80.5 cm³/mol. The van der Waals surface area contributed by atoms with Crippen LogP contribution in [0.4, 0.5) is 8.78 Å². The third-order valence-corrected chi connectivity index (χ3v) is 3.81. The van der Waals surface area contributed by atoms with Crippen molar-refractivity contribution in [2.24, 2.45) is 5.92 Å². The van der Waals surface area contributed by atoms with E-state index in [4.69, 9.17) is 0 Å². The third kappa shape index (κ3) is 4.93. The summed E-state index contributed by atoms with van der Waals surface area (Å²) in [5.41, 5.74) is 0.132. The molecule has 1 aromatic rings. The molecule has 6 heteroatoms. The third-order valence-electron chi connectivity index (χ3n) is 3.81. The minimum Gasteiger partial charge on any atom is -0.342 e. The van der Waals surface area contributed by atoms with Gasteiger partial charge in [0.05, 0.1) is 6.42 Å². The second-order valence-electron chi connectivity index (χ2n) is 5.29. The zero-order chi connectivity index (χ0) is 14.5. The molecule has 1 saturated heterocycles. The van der Waals surface area contributed by atoms with Gasteiger partial charge in [-0.2, -0.15) is 0 Å². The van der Waals surface area contributed by atoms with Crippen LogP contribution in [0.25, 0.3) is 0 Å². The number of rotatable bonds is 4. The molecule has 1 aliphatic heterocycles. The van der Waals surface area contributed by atoms with Gasteiger partial charge in [0.25, 0.3) is 0 Å². The van der Waals surface area contributed by atoms with Gasteiger partial charge in [0, 0.05) is 18.7 Å². The van der Waals surface area contributed by atoms with Crippen LogP contribution in [0.15, 0.2) is 18.2 Å². The van der Waals surface area contributed by atoms with E-state index in [9.17, 15) is 13.6 Å². The van der Waals surface area contributed by atoms with E-state index >= 15 is 0 Å². The van der Waals surface area contributed by atoms with Gasteiger partial charge in [-0.1, -0.05) is 0 Å². The molecule has 1 aliphatic rings. The highest BCUT2D eigenvalue weighted by Gasteiger charge is 2.23. The fourth-order valence-electron chi connectivity index (χ4n) is 2.63. The lowest BCUT2D eigenvalue weighted by Crippen LogP contribution is -2.41. The lowest BCUT2D eigenvalue weighted by Gasteiger charge is -2.32. The molecule has 0 spiro atoms. The number of hydrogen-bond donors (Lipinski definition) is 1. The van der Waals surface area contributed by atoms with E-state index in [1.807, 2.05) is 7.05 Å². The molecule has 0 bridgehead atoms. The Balaban J connectivity index is 0.00000220. The number of carbonyl (C=O) groups is 1. The first kappa shape index (κ1) is 17.9. The van der Waals surface area contributed by atoms with Crippen LogP contribution in [-0.2, 0) is 11.2 Å². The summed E-state index contributed by atoms with van der Waals surface area (Å²) in [7, 11) is 1.92. The molecule has 1 fully saturated rings. The fourth-order valence-corrected chi connectivity index (χ4v) is 2.63. The fraction of sp³-hybridized carbons (Fsp3) is 0.533. The number of nitrogens with one attached hydrogen (secondary N) is 1. The summed E-state index contributed by atoms with van der Waals surface area (Å²) in [6.45, 7) is 2.35. The van der Waals surface area contributed by atoms with E-state index in [1.165, 1.54) is 0 Å². The molecule has 21 heavy (non-hydrogen) atoms. The van der Waals surface area contributed by atoms with Gasteiger partial charge in [-0.25, -0.2) is 8.78 Å². The monoisotopic (exact) mass is 318 g/mol. The second-order valence-corrected chi connectivity index (χ2v) is 5.29. The van der Waals surface area contributed by atoms with E-state index in [0.29, 0.717) is 19.0 Å². The van der Waals surface area contributed by atoms with Crippen LogP contribution in [0.3, 0.4) is 0 Å². The largest absolute Gasteiger partial charge is 0.342 e. The minimum atomic E-state index is -0.523. The molecule has 0 saturated carbocycles. The second kappa shape index (κ2) is 8.29. The lowest BCUT2D eigenvalue weighted by molar-refractivity contribution is -0.131. The highest BCUT2D eigenvalue weighted by atomic mass is 35.5. The smallest absolute Gasteiger partial charge is 0.227 e. The van der Waals surface area contributed by atoms with Crippen LogP contribution in [-0.4, -0.2) is 37.5 Å². The number of benzene rings is 1. The predicted octanol–water partition coefficient (Wildman–Crippen LogP) is 2.39. The number of nitrogens with zero attached hydrogens (tertiary/aromatic N) is 1. The number of carbonyl (C=O) groups excluding carboxylic acids is 1. The molecule has 0 radical (unpaired) electrons. The molecule has 118 valence electrons. The standard InChI is InChI=1S/C15H20F2N2O.ClH/c1-18-10-11-4-6-19(7-5-11)15(20)9-12-8-13(16)2-3-14(12)17;/h2-3,8,11,18H,4-7,9-10H2,1H3;1H. The zero-order valence-corrected chi connectivity index (χ0v) is 12.9. The van der Waals surface area contributed by atoms with Crippen molar-refractivity contribution in [3.8, 4) is 0 Å². The minimum absolute atomic E-state index is 0. The summed E-state index contributed by atoms with van der Waals surface area (Å²) in [5.74, 6) is -0.570. The summed E-state index contributed by atoms with van der Waals surface area (Å²) < 4.78 is 26.6. The van der Waals surface area contributed by atoms with E-state index < -0.39 is 11.6 Å². The Hall–Kier alpha value is -1.20. The maximum absolute atomic E-state index is 13.5. The van der Waals surface area contributed by atoms with Gasteiger partial charge in [-0.05, 0) is 50.6 Å².